The highest BCUT2D eigenvalue weighted by molar-refractivity contribution is 5.78. The first-order valence-corrected chi connectivity index (χ1v) is 7.72. The van der Waals surface area contributed by atoms with Crippen molar-refractivity contribution in [3.8, 4) is 5.75 Å². The minimum atomic E-state index is -0.892. The number of benzene rings is 1. The highest BCUT2D eigenvalue weighted by atomic mass is 16.5. The van der Waals surface area contributed by atoms with Gasteiger partial charge in [0.1, 0.15) is 5.75 Å². The maximum absolute atomic E-state index is 12.0. The molecule has 0 saturated carbocycles. The highest BCUT2D eigenvalue weighted by Crippen LogP contribution is 2.20. The van der Waals surface area contributed by atoms with Crippen molar-refractivity contribution >= 4 is 11.9 Å². The lowest BCUT2D eigenvalue weighted by Crippen LogP contribution is -2.49. The fourth-order valence-electron chi connectivity index (χ4n) is 2.31. The third-order valence-electron chi connectivity index (χ3n) is 3.81. The number of nitrogens with one attached hydrogen (secondary N) is 1. The standard InChI is InChI=1S/C17H25NO4/c1-3-17(4-2,13-16(20)21)18-15(19)11-8-12-22-14-9-6-5-7-10-14/h5-7,9-10H,3-4,8,11-13H2,1-2H3,(H,18,19)(H,20,21). The van der Waals surface area contributed by atoms with Gasteiger partial charge in [0.2, 0.25) is 5.91 Å². The number of para-hydroxylation sites is 1. The predicted octanol–water partition coefficient (Wildman–Crippen LogP) is 3.00. The molecule has 0 spiro atoms. The molecule has 0 aromatic heterocycles. The summed E-state index contributed by atoms with van der Waals surface area (Å²) in [6, 6.07) is 9.44. The number of ether oxygens (including phenoxy) is 1. The van der Waals surface area contributed by atoms with E-state index in [1.54, 1.807) is 0 Å². The lowest BCUT2D eigenvalue weighted by Gasteiger charge is -2.31. The fraction of sp³-hybridized carbons (Fsp3) is 0.529. The summed E-state index contributed by atoms with van der Waals surface area (Å²) in [5.41, 5.74) is -0.650. The molecule has 122 valence electrons. The van der Waals surface area contributed by atoms with Gasteiger partial charge in [0, 0.05) is 12.0 Å². The molecule has 0 radical (unpaired) electrons. The zero-order valence-electron chi connectivity index (χ0n) is 13.3. The van der Waals surface area contributed by atoms with E-state index in [0.29, 0.717) is 32.3 Å². The maximum Gasteiger partial charge on any atom is 0.305 e. The Hall–Kier alpha value is -2.04. The van der Waals surface area contributed by atoms with E-state index in [9.17, 15) is 9.59 Å². The van der Waals surface area contributed by atoms with Gasteiger partial charge in [0.05, 0.1) is 13.0 Å². The Morgan fingerprint density at radius 1 is 1.18 bits per heavy atom. The number of hydrogen-bond acceptors (Lipinski definition) is 3. The number of rotatable bonds is 10. The van der Waals surface area contributed by atoms with Crippen LogP contribution in [0.2, 0.25) is 0 Å². The van der Waals surface area contributed by atoms with Gasteiger partial charge in [0.25, 0.3) is 0 Å². The highest BCUT2D eigenvalue weighted by Gasteiger charge is 2.30. The number of hydrogen-bond donors (Lipinski definition) is 2. The molecule has 0 aliphatic heterocycles. The van der Waals surface area contributed by atoms with Gasteiger partial charge in [0.15, 0.2) is 0 Å². The van der Waals surface area contributed by atoms with Crippen LogP contribution in [0.1, 0.15) is 46.0 Å². The topological polar surface area (TPSA) is 75.6 Å². The average Bonchev–Trinajstić information content (AvgIpc) is 2.51. The number of amides is 1. The van der Waals surface area contributed by atoms with E-state index in [4.69, 9.17) is 9.84 Å². The summed E-state index contributed by atoms with van der Waals surface area (Å²) in [4.78, 5) is 23.0. The smallest absolute Gasteiger partial charge is 0.305 e. The third kappa shape index (κ3) is 6.16. The molecule has 1 amide bonds. The number of aliphatic carboxylic acids is 1. The van der Waals surface area contributed by atoms with Crippen LogP contribution < -0.4 is 10.1 Å². The van der Waals surface area contributed by atoms with Crippen molar-refractivity contribution in [2.75, 3.05) is 6.61 Å². The van der Waals surface area contributed by atoms with Crippen molar-refractivity contribution in [2.24, 2.45) is 0 Å². The van der Waals surface area contributed by atoms with Crippen molar-refractivity contribution < 1.29 is 19.4 Å². The van der Waals surface area contributed by atoms with E-state index in [1.807, 2.05) is 44.2 Å². The van der Waals surface area contributed by atoms with Crippen LogP contribution in [0.5, 0.6) is 5.75 Å². The first-order chi connectivity index (χ1) is 10.5. The zero-order valence-corrected chi connectivity index (χ0v) is 13.3. The number of carboxylic acid groups (broad SMARTS) is 1. The molecule has 0 bridgehead atoms. The molecule has 2 N–H and O–H groups in total. The second-order valence-corrected chi connectivity index (χ2v) is 5.37. The van der Waals surface area contributed by atoms with Gasteiger partial charge in [-0.05, 0) is 31.4 Å². The molecular weight excluding hydrogens is 282 g/mol. The average molecular weight is 307 g/mol. The number of carboxylic acids is 1. The van der Waals surface area contributed by atoms with E-state index < -0.39 is 11.5 Å². The fourth-order valence-corrected chi connectivity index (χ4v) is 2.31. The molecule has 0 unspecified atom stereocenters. The van der Waals surface area contributed by atoms with Gasteiger partial charge in [-0.25, -0.2) is 0 Å². The van der Waals surface area contributed by atoms with E-state index in [2.05, 4.69) is 5.32 Å². The lowest BCUT2D eigenvalue weighted by atomic mass is 9.88. The summed E-state index contributed by atoms with van der Waals surface area (Å²) >= 11 is 0. The molecule has 22 heavy (non-hydrogen) atoms. The minimum Gasteiger partial charge on any atom is -0.494 e. The van der Waals surface area contributed by atoms with Gasteiger partial charge in [-0.3, -0.25) is 9.59 Å². The van der Waals surface area contributed by atoms with Crippen molar-refractivity contribution in [3.63, 3.8) is 0 Å². The van der Waals surface area contributed by atoms with Crippen LogP contribution in [0.15, 0.2) is 30.3 Å². The Bertz CT molecular complexity index is 469. The van der Waals surface area contributed by atoms with Gasteiger partial charge < -0.3 is 15.2 Å². The molecule has 5 nitrogen and oxygen atoms in total. The second-order valence-electron chi connectivity index (χ2n) is 5.37. The summed E-state index contributed by atoms with van der Waals surface area (Å²) in [5, 5.41) is 11.9. The molecule has 0 heterocycles. The quantitative estimate of drug-likeness (QED) is 0.652. The van der Waals surface area contributed by atoms with Gasteiger partial charge in [-0.1, -0.05) is 32.0 Å². The Morgan fingerprint density at radius 2 is 1.82 bits per heavy atom. The largest absolute Gasteiger partial charge is 0.494 e. The van der Waals surface area contributed by atoms with Crippen LogP contribution in [0.25, 0.3) is 0 Å². The summed E-state index contributed by atoms with van der Waals surface area (Å²) in [7, 11) is 0. The predicted molar refractivity (Wildman–Crippen MR) is 84.9 cm³/mol. The van der Waals surface area contributed by atoms with Crippen LogP contribution in [0, 0.1) is 0 Å². The number of carbonyl (C=O) groups excluding carboxylic acids is 1. The van der Waals surface area contributed by atoms with Crippen molar-refractivity contribution in [2.45, 2.75) is 51.5 Å². The van der Waals surface area contributed by atoms with Gasteiger partial charge >= 0.3 is 5.97 Å². The minimum absolute atomic E-state index is 0.0493. The molecule has 1 aromatic carbocycles. The normalized spacial score (nSPS) is 11.0. The molecule has 0 atom stereocenters. The van der Waals surface area contributed by atoms with Crippen LogP contribution in [-0.2, 0) is 9.59 Å². The van der Waals surface area contributed by atoms with E-state index in [-0.39, 0.29) is 12.3 Å². The van der Waals surface area contributed by atoms with Crippen LogP contribution in [0.3, 0.4) is 0 Å². The summed E-state index contributed by atoms with van der Waals surface area (Å²) in [5.74, 6) is -0.233. The first kappa shape index (κ1) is 18.0. The molecule has 5 heteroatoms. The Labute approximate surface area is 131 Å². The summed E-state index contributed by atoms with van der Waals surface area (Å²) < 4.78 is 5.53. The third-order valence-corrected chi connectivity index (χ3v) is 3.81. The Kier molecular flexibility index (Phi) is 7.43. The Morgan fingerprint density at radius 3 is 2.36 bits per heavy atom. The zero-order chi connectivity index (χ0) is 16.4. The van der Waals surface area contributed by atoms with Crippen molar-refractivity contribution in [3.05, 3.63) is 30.3 Å². The molecular formula is C17H25NO4. The number of carbonyl (C=O) groups is 2. The van der Waals surface area contributed by atoms with E-state index in [0.717, 1.165) is 5.75 Å². The first-order valence-electron chi connectivity index (χ1n) is 7.72. The maximum atomic E-state index is 12.0. The Balaban J connectivity index is 2.36. The molecule has 0 saturated heterocycles. The van der Waals surface area contributed by atoms with Crippen molar-refractivity contribution in [1.82, 2.24) is 5.32 Å². The second kappa shape index (κ2) is 9.07. The van der Waals surface area contributed by atoms with Crippen LogP contribution in [-0.4, -0.2) is 29.1 Å². The van der Waals surface area contributed by atoms with Crippen LogP contribution in [0.4, 0.5) is 0 Å². The summed E-state index contributed by atoms with van der Waals surface area (Å²) in [6.07, 6.45) is 2.07. The van der Waals surface area contributed by atoms with E-state index in [1.165, 1.54) is 0 Å². The molecule has 1 aromatic rings. The lowest BCUT2D eigenvalue weighted by molar-refractivity contribution is -0.139. The van der Waals surface area contributed by atoms with Gasteiger partial charge in [-0.15, -0.1) is 0 Å². The van der Waals surface area contributed by atoms with E-state index >= 15 is 0 Å². The van der Waals surface area contributed by atoms with Crippen LogP contribution >= 0.6 is 0 Å². The molecule has 0 fully saturated rings. The van der Waals surface area contributed by atoms with Crippen molar-refractivity contribution in [1.29, 1.82) is 0 Å². The van der Waals surface area contributed by atoms with Gasteiger partial charge in [-0.2, -0.15) is 0 Å². The molecule has 1 rings (SSSR count). The SMILES string of the molecule is CCC(CC)(CC(=O)O)NC(=O)CCCOc1ccccc1. The summed E-state index contributed by atoms with van der Waals surface area (Å²) in [6.45, 7) is 4.25. The molecule has 0 aliphatic carbocycles. The molecule has 0 aliphatic rings. The monoisotopic (exact) mass is 307 g/mol.